The summed E-state index contributed by atoms with van der Waals surface area (Å²) >= 11 is 1.06. The van der Waals surface area contributed by atoms with Crippen LogP contribution in [0.25, 0.3) is 0 Å². The lowest BCUT2D eigenvalue weighted by atomic mass is 9.87. The molecule has 0 bridgehead atoms. The molecule has 18 heteroatoms. The van der Waals surface area contributed by atoms with E-state index in [9.17, 15) is 74.6 Å². The lowest BCUT2D eigenvalue weighted by molar-refractivity contribution is -0.461. The predicted octanol–water partition coefficient (Wildman–Crippen LogP) is 11.9. The second-order valence-corrected chi connectivity index (χ2v) is 11.5. The molecule has 0 nitrogen and oxygen atoms in total. The Morgan fingerprint density at radius 1 is 0.415 bits per heavy atom. The van der Waals surface area contributed by atoms with E-state index in [1.165, 1.54) is 0 Å². The van der Waals surface area contributed by atoms with Gasteiger partial charge in [-0.25, -0.2) is 0 Å². The van der Waals surface area contributed by atoms with Crippen LogP contribution < -0.4 is 0 Å². The molecule has 248 valence electrons. The Labute approximate surface area is 239 Å². The average molecular weight is 756 g/mol. The summed E-state index contributed by atoms with van der Waals surface area (Å²) in [6.07, 6.45) is -1.53. The first-order valence-electron chi connectivity index (χ1n) is 12.6. The van der Waals surface area contributed by atoms with Gasteiger partial charge in [0.25, 0.3) is 0 Å². The highest BCUT2D eigenvalue weighted by molar-refractivity contribution is 14.1. The monoisotopic (exact) mass is 756 g/mol. The Morgan fingerprint density at radius 2 is 0.707 bits per heavy atom. The summed E-state index contributed by atoms with van der Waals surface area (Å²) in [6, 6.07) is 0. The van der Waals surface area contributed by atoms with E-state index >= 15 is 0 Å². The minimum atomic E-state index is -8.58. The average Bonchev–Trinajstić information content (AvgIpc) is 2.80. The van der Waals surface area contributed by atoms with E-state index in [0.717, 1.165) is 74.0 Å². The molecular formula is C23H30F17I. The molecule has 0 N–H and O–H groups in total. The Hall–Kier alpha value is -0.460. The van der Waals surface area contributed by atoms with Gasteiger partial charge in [0.1, 0.15) is 0 Å². The molecule has 0 saturated carbocycles. The highest BCUT2D eigenvalue weighted by atomic mass is 127. The third kappa shape index (κ3) is 8.59. The highest BCUT2D eigenvalue weighted by Gasteiger charge is 2.95. The number of hydrogen-bond donors (Lipinski definition) is 0. The molecule has 0 aromatic rings. The fourth-order valence-electron chi connectivity index (χ4n) is 3.73. The minimum absolute atomic E-state index is 0.0785. The van der Waals surface area contributed by atoms with Crippen LogP contribution in [0, 0.1) is 0 Å². The molecule has 0 aromatic heterocycles. The fourth-order valence-corrected chi connectivity index (χ4v) is 4.73. The molecular weight excluding hydrogens is 726 g/mol. The first-order valence-corrected chi connectivity index (χ1v) is 13.8. The van der Waals surface area contributed by atoms with Gasteiger partial charge in [0, 0.05) is 10.3 Å². The summed E-state index contributed by atoms with van der Waals surface area (Å²) in [5.41, 5.74) is 0. The van der Waals surface area contributed by atoms with Crippen LogP contribution >= 0.6 is 22.6 Å². The van der Waals surface area contributed by atoms with Crippen LogP contribution in [0.2, 0.25) is 0 Å². The summed E-state index contributed by atoms with van der Waals surface area (Å²) < 4.78 is 225. The third-order valence-electron chi connectivity index (χ3n) is 6.39. The molecule has 0 rings (SSSR count). The maximum atomic E-state index is 14.1. The molecule has 0 fully saturated rings. The number of alkyl halides is 18. The van der Waals surface area contributed by atoms with Gasteiger partial charge in [-0.1, -0.05) is 100 Å². The molecule has 0 spiro atoms. The number of unbranched alkanes of at least 4 members (excludes halogenated alkanes) is 10. The van der Waals surface area contributed by atoms with Crippen molar-refractivity contribution >= 4 is 22.6 Å². The first kappa shape index (κ1) is 40.5. The smallest absolute Gasteiger partial charge is 0.200 e. The zero-order valence-corrected chi connectivity index (χ0v) is 23.7. The molecule has 1 unspecified atom stereocenters. The third-order valence-corrected chi connectivity index (χ3v) is 7.45. The zero-order chi connectivity index (χ0) is 32.8. The van der Waals surface area contributed by atoms with E-state index in [4.69, 9.17) is 0 Å². The van der Waals surface area contributed by atoms with Crippen molar-refractivity contribution in [3.8, 4) is 0 Å². The maximum absolute atomic E-state index is 14.1. The summed E-state index contributed by atoms with van der Waals surface area (Å²) in [6.45, 7) is 2.06. The van der Waals surface area contributed by atoms with Crippen molar-refractivity contribution in [1.82, 2.24) is 0 Å². The van der Waals surface area contributed by atoms with E-state index in [1.54, 1.807) is 0 Å². The second-order valence-electron chi connectivity index (χ2n) is 9.77. The minimum Gasteiger partial charge on any atom is -0.200 e. The number of rotatable bonds is 20. The van der Waals surface area contributed by atoms with Crippen molar-refractivity contribution in [3.63, 3.8) is 0 Å². The number of halogens is 18. The second kappa shape index (κ2) is 14.5. The van der Waals surface area contributed by atoms with Crippen LogP contribution in [-0.4, -0.2) is 51.6 Å². The Balaban J connectivity index is 5.39. The van der Waals surface area contributed by atoms with Gasteiger partial charge in [0.2, 0.25) is 0 Å². The van der Waals surface area contributed by atoms with Gasteiger partial charge < -0.3 is 0 Å². The topological polar surface area (TPSA) is 0 Å². The van der Waals surface area contributed by atoms with Gasteiger partial charge in [-0.15, -0.1) is 0 Å². The first-order chi connectivity index (χ1) is 18.2. The molecule has 41 heavy (non-hydrogen) atoms. The van der Waals surface area contributed by atoms with E-state index < -0.39 is 58.0 Å². The van der Waals surface area contributed by atoms with Gasteiger partial charge in [-0.3, -0.25) is 0 Å². The lowest BCUT2D eigenvalue weighted by Gasteiger charge is -2.43. The van der Waals surface area contributed by atoms with Crippen molar-refractivity contribution < 1.29 is 74.6 Å². The molecule has 1 atom stereocenters. The van der Waals surface area contributed by atoms with Gasteiger partial charge in [-0.05, 0) is 6.42 Å². The Kier molecular flexibility index (Phi) is 14.4. The van der Waals surface area contributed by atoms with Crippen molar-refractivity contribution in [2.75, 3.05) is 0 Å². The largest absolute Gasteiger partial charge is 0.460 e. The summed E-state index contributed by atoms with van der Waals surface area (Å²) in [5.74, 6) is -55.8. The molecule has 0 heterocycles. The van der Waals surface area contributed by atoms with Crippen molar-refractivity contribution in [2.24, 2.45) is 0 Å². The summed E-state index contributed by atoms with van der Waals surface area (Å²) in [4.78, 5) is 0. The van der Waals surface area contributed by atoms with Crippen molar-refractivity contribution in [1.29, 1.82) is 0 Å². The van der Waals surface area contributed by atoms with Gasteiger partial charge in [0.05, 0.1) is 0 Å². The van der Waals surface area contributed by atoms with Crippen LogP contribution in [0.5, 0.6) is 0 Å². The molecule has 0 aromatic carbocycles. The standard InChI is InChI=1S/C23H30F17I/c1-2-3-4-5-6-7-8-9-10-11-12-13-15(41)14-16(24,25)17(26,27)18(28,29)19(30,31)20(32,33)21(34,35)22(36,37)23(38,39)40/h15H,2-14H2,1H3. The molecule has 0 saturated heterocycles. The number of hydrogen-bond acceptors (Lipinski definition) is 0. The van der Waals surface area contributed by atoms with Gasteiger partial charge in [-0.2, -0.15) is 74.6 Å². The SMILES string of the molecule is CCCCCCCCCCCCCC(I)CC(F)(F)C(F)(F)C(F)(F)C(F)(F)C(F)(F)C(F)(F)C(F)(F)C(F)(F)F. The van der Waals surface area contributed by atoms with E-state index in [1.807, 2.05) is 0 Å². The Morgan fingerprint density at radius 3 is 1.05 bits per heavy atom. The zero-order valence-electron chi connectivity index (χ0n) is 21.6. The fraction of sp³-hybridized carbons (Fsp3) is 1.00. The molecule has 0 aliphatic rings. The normalized spacial score (nSPS) is 15.9. The molecule has 0 aliphatic carbocycles. The summed E-state index contributed by atoms with van der Waals surface area (Å²) in [5, 5.41) is 0. The van der Waals surface area contributed by atoms with Gasteiger partial charge in [0.15, 0.2) is 0 Å². The van der Waals surface area contributed by atoms with Crippen LogP contribution in [-0.2, 0) is 0 Å². The molecule has 0 amide bonds. The van der Waals surface area contributed by atoms with Crippen LogP contribution in [0.15, 0.2) is 0 Å². The van der Waals surface area contributed by atoms with Crippen LogP contribution in [0.4, 0.5) is 74.6 Å². The van der Waals surface area contributed by atoms with E-state index in [0.29, 0.717) is 12.8 Å². The lowest BCUT2D eigenvalue weighted by Crippen LogP contribution is -2.74. The summed E-state index contributed by atoms with van der Waals surface area (Å²) in [7, 11) is 0. The van der Waals surface area contributed by atoms with Crippen LogP contribution in [0.3, 0.4) is 0 Å². The Bertz CT molecular complexity index is 777. The predicted molar refractivity (Wildman–Crippen MR) is 124 cm³/mol. The molecule has 0 radical (unpaired) electrons. The van der Waals surface area contributed by atoms with Crippen molar-refractivity contribution in [2.45, 2.75) is 142 Å². The molecule has 0 aliphatic heterocycles. The highest BCUT2D eigenvalue weighted by Crippen LogP contribution is 2.64. The van der Waals surface area contributed by atoms with Gasteiger partial charge >= 0.3 is 47.6 Å². The maximum Gasteiger partial charge on any atom is 0.460 e. The van der Waals surface area contributed by atoms with E-state index in [2.05, 4.69) is 6.92 Å². The quantitative estimate of drug-likeness (QED) is 0.0502. The van der Waals surface area contributed by atoms with Crippen LogP contribution in [0.1, 0.15) is 90.4 Å². The van der Waals surface area contributed by atoms with E-state index in [-0.39, 0.29) is 12.8 Å². The van der Waals surface area contributed by atoms with Crippen molar-refractivity contribution in [3.05, 3.63) is 0 Å².